The molecule has 4 heteroatoms. The van der Waals surface area contributed by atoms with Gasteiger partial charge in [-0.3, -0.25) is 0 Å². The van der Waals surface area contributed by atoms with Crippen molar-refractivity contribution in [3.8, 4) is 5.88 Å². The minimum atomic E-state index is -0.255. The lowest BCUT2D eigenvalue weighted by molar-refractivity contribution is 0.390. The first-order valence-electron chi connectivity index (χ1n) is 5.96. The third kappa shape index (κ3) is 2.65. The van der Waals surface area contributed by atoms with E-state index in [1.54, 1.807) is 13.2 Å². The van der Waals surface area contributed by atoms with Crippen LogP contribution in [0.3, 0.4) is 0 Å². The number of ether oxygens (including phenoxy) is 1. The highest BCUT2D eigenvalue weighted by Crippen LogP contribution is 2.19. The number of rotatable bonds is 4. The number of hydrogen-bond acceptors (Lipinski definition) is 4. The molecule has 0 saturated heterocycles. The topological polar surface area (TPSA) is 61.0 Å². The van der Waals surface area contributed by atoms with Crippen LogP contribution >= 0.6 is 0 Å². The lowest BCUT2D eigenvalue weighted by Crippen LogP contribution is -2.14. The number of aryl methyl sites for hydroxylation is 1. The van der Waals surface area contributed by atoms with Crippen molar-refractivity contribution >= 4 is 0 Å². The molecule has 1 heterocycles. The van der Waals surface area contributed by atoms with E-state index in [1.807, 2.05) is 18.2 Å². The third-order valence-corrected chi connectivity index (χ3v) is 2.91. The highest BCUT2D eigenvalue weighted by atomic mass is 16.5. The van der Waals surface area contributed by atoms with Gasteiger partial charge in [0, 0.05) is 6.07 Å². The summed E-state index contributed by atoms with van der Waals surface area (Å²) in [5.74, 6) is 0.494. The summed E-state index contributed by atoms with van der Waals surface area (Å²) in [7, 11) is 1.56. The molecule has 4 nitrogen and oxygen atoms in total. The molecular weight excluding hydrogens is 226 g/mol. The van der Waals surface area contributed by atoms with Gasteiger partial charge in [-0.1, -0.05) is 31.2 Å². The Kier molecular flexibility index (Phi) is 3.89. The van der Waals surface area contributed by atoms with E-state index in [0.717, 1.165) is 17.7 Å². The predicted molar refractivity (Wildman–Crippen MR) is 70.4 cm³/mol. The molecule has 0 amide bonds. The van der Waals surface area contributed by atoms with Gasteiger partial charge in [0.25, 0.3) is 0 Å². The van der Waals surface area contributed by atoms with E-state index in [9.17, 15) is 0 Å². The van der Waals surface area contributed by atoms with Crippen LogP contribution in [-0.4, -0.2) is 17.3 Å². The van der Waals surface area contributed by atoms with E-state index in [0.29, 0.717) is 5.88 Å². The van der Waals surface area contributed by atoms with Gasteiger partial charge in [-0.05, 0) is 23.6 Å². The van der Waals surface area contributed by atoms with Crippen molar-refractivity contribution in [1.29, 1.82) is 0 Å². The second-order valence-electron chi connectivity index (χ2n) is 4.08. The molecule has 2 aromatic rings. The summed E-state index contributed by atoms with van der Waals surface area (Å²) in [4.78, 5) is 0. The van der Waals surface area contributed by atoms with Crippen LogP contribution in [0.1, 0.15) is 29.8 Å². The Morgan fingerprint density at radius 2 is 2.06 bits per heavy atom. The van der Waals surface area contributed by atoms with Gasteiger partial charge < -0.3 is 10.5 Å². The molecule has 94 valence electrons. The molecule has 0 radical (unpaired) electrons. The maximum Gasteiger partial charge on any atom is 0.233 e. The first-order chi connectivity index (χ1) is 8.74. The molecule has 0 aliphatic heterocycles. The Balaban J connectivity index is 2.25. The van der Waals surface area contributed by atoms with Gasteiger partial charge in [-0.25, -0.2) is 0 Å². The Labute approximate surface area is 107 Å². The molecule has 18 heavy (non-hydrogen) atoms. The van der Waals surface area contributed by atoms with Crippen LogP contribution < -0.4 is 10.5 Å². The van der Waals surface area contributed by atoms with Crippen LogP contribution in [-0.2, 0) is 6.42 Å². The summed E-state index contributed by atoms with van der Waals surface area (Å²) in [5.41, 5.74) is 9.25. The molecule has 0 spiro atoms. The fraction of sp³-hybridized carbons (Fsp3) is 0.286. The molecule has 0 aliphatic carbocycles. The van der Waals surface area contributed by atoms with Crippen LogP contribution in [0, 0.1) is 0 Å². The molecule has 0 saturated carbocycles. The Morgan fingerprint density at radius 1 is 1.22 bits per heavy atom. The normalized spacial score (nSPS) is 12.2. The molecule has 2 N–H and O–H groups in total. The van der Waals surface area contributed by atoms with Gasteiger partial charge in [0.2, 0.25) is 5.88 Å². The molecule has 1 aromatic heterocycles. The number of methoxy groups -OCH3 is 1. The summed E-state index contributed by atoms with van der Waals surface area (Å²) in [6, 6.07) is 11.6. The summed E-state index contributed by atoms with van der Waals surface area (Å²) in [6.07, 6.45) is 0.995. The average molecular weight is 243 g/mol. The second-order valence-corrected chi connectivity index (χ2v) is 4.08. The minimum Gasteiger partial charge on any atom is -0.480 e. The summed E-state index contributed by atoms with van der Waals surface area (Å²) in [6.45, 7) is 2.12. The van der Waals surface area contributed by atoms with Crippen LogP contribution in [0.2, 0.25) is 0 Å². The van der Waals surface area contributed by atoms with Crippen molar-refractivity contribution in [1.82, 2.24) is 10.2 Å². The molecule has 1 atom stereocenters. The molecule has 1 unspecified atom stereocenters. The Bertz CT molecular complexity index is 511. The maximum absolute atomic E-state index is 6.19. The molecule has 0 aliphatic rings. The van der Waals surface area contributed by atoms with Gasteiger partial charge in [0.15, 0.2) is 0 Å². The smallest absolute Gasteiger partial charge is 0.233 e. The van der Waals surface area contributed by atoms with Crippen LogP contribution in [0.25, 0.3) is 0 Å². The molecule has 2 rings (SSSR count). The van der Waals surface area contributed by atoms with Gasteiger partial charge >= 0.3 is 0 Å². The van der Waals surface area contributed by atoms with Crippen molar-refractivity contribution in [3.05, 3.63) is 53.2 Å². The van der Waals surface area contributed by atoms with E-state index >= 15 is 0 Å². The first-order valence-corrected chi connectivity index (χ1v) is 5.96. The van der Waals surface area contributed by atoms with E-state index in [2.05, 4.69) is 29.3 Å². The third-order valence-electron chi connectivity index (χ3n) is 2.91. The average Bonchev–Trinajstić information content (AvgIpc) is 2.46. The number of hydrogen-bond donors (Lipinski definition) is 1. The van der Waals surface area contributed by atoms with E-state index in [4.69, 9.17) is 10.5 Å². The molecule has 1 aromatic carbocycles. The first kappa shape index (κ1) is 12.5. The number of aromatic nitrogens is 2. The van der Waals surface area contributed by atoms with Crippen LogP contribution in [0.5, 0.6) is 5.88 Å². The van der Waals surface area contributed by atoms with E-state index < -0.39 is 0 Å². The van der Waals surface area contributed by atoms with Crippen molar-refractivity contribution in [2.45, 2.75) is 19.4 Å². The minimum absolute atomic E-state index is 0.255. The van der Waals surface area contributed by atoms with Crippen molar-refractivity contribution in [2.24, 2.45) is 5.73 Å². The summed E-state index contributed by atoms with van der Waals surface area (Å²) < 4.78 is 4.98. The zero-order valence-corrected chi connectivity index (χ0v) is 10.6. The second kappa shape index (κ2) is 5.60. The monoisotopic (exact) mass is 243 g/mol. The lowest BCUT2D eigenvalue weighted by atomic mass is 10.0. The van der Waals surface area contributed by atoms with Crippen LogP contribution in [0.15, 0.2) is 36.4 Å². The quantitative estimate of drug-likeness (QED) is 0.893. The van der Waals surface area contributed by atoms with E-state index in [-0.39, 0.29) is 6.04 Å². The maximum atomic E-state index is 6.19. The molecule has 0 fully saturated rings. The highest BCUT2D eigenvalue weighted by Gasteiger charge is 2.11. The SMILES string of the molecule is CCc1cccc(C(N)c2ccc(OC)nn2)c1. The number of nitrogens with zero attached hydrogens (tertiary/aromatic N) is 2. The van der Waals surface area contributed by atoms with Crippen molar-refractivity contribution < 1.29 is 4.74 Å². The number of benzene rings is 1. The standard InChI is InChI=1S/C14H17N3O/c1-3-10-5-4-6-11(9-10)14(15)12-7-8-13(18-2)17-16-12/h4-9,14H,3,15H2,1-2H3. The van der Waals surface area contributed by atoms with Gasteiger partial charge in [-0.2, -0.15) is 0 Å². The van der Waals surface area contributed by atoms with Gasteiger partial charge in [0.1, 0.15) is 0 Å². The largest absolute Gasteiger partial charge is 0.480 e. The molecular formula is C14H17N3O. The fourth-order valence-electron chi connectivity index (χ4n) is 1.78. The Morgan fingerprint density at radius 3 is 2.67 bits per heavy atom. The summed E-state index contributed by atoms with van der Waals surface area (Å²) in [5, 5.41) is 8.02. The predicted octanol–water partition coefficient (Wildman–Crippen LogP) is 2.10. The van der Waals surface area contributed by atoms with E-state index in [1.165, 1.54) is 5.56 Å². The van der Waals surface area contributed by atoms with Crippen molar-refractivity contribution in [2.75, 3.05) is 7.11 Å². The zero-order chi connectivity index (χ0) is 13.0. The van der Waals surface area contributed by atoms with Crippen LogP contribution in [0.4, 0.5) is 0 Å². The van der Waals surface area contributed by atoms with Gasteiger partial charge in [-0.15, -0.1) is 10.2 Å². The fourth-order valence-corrected chi connectivity index (χ4v) is 1.78. The van der Waals surface area contributed by atoms with Crippen molar-refractivity contribution in [3.63, 3.8) is 0 Å². The number of nitrogens with two attached hydrogens (primary N) is 1. The summed E-state index contributed by atoms with van der Waals surface area (Å²) >= 11 is 0. The zero-order valence-electron chi connectivity index (χ0n) is 10.6. The highest BCUT2D eigenvalue weighted by molar-refractivity contribution is 5.31. The lowest BCUT2D eigenvalue weighted by Gasteiger charge is -2.12. The Hall–Kier alpha value is -1.94. The molecule has 0 bridgehead atoms. The van der Waals surface area contributed by atoms with Gasteiger partial charge in [0.05, 0.1) is 18.8 Å².